The van der Waals surface area contributed by atoms with E-state index in [1.807, 2.05) is 54.6 Å². The minimum absolute atomic E-state index is 0.0183. The number of hydrogen-bond acceptors (Lipinski definition) is 8. The minimum Gasteiger partial charge on any atom is -0.494 e. The van der Waals surface area contributed by atoms with Crippen LogP contribution in [0.5, 0.6) is 5.75 Å². The van der Waals surface area contributed by atoms with E-state index in [2.05, 4.69) is 16.0 Å². The molecule has 2 amide bonds. The van der Waals surface area contributed by atoms with E-state index in [0.29, 0.717) is 26.1 Å². The number of ether oxygens (including phenoxy) is 3. The number of carboxylic acid groups (broad SMARTS) is 1. The molecule has 6 N–H and O–H groups in total. The summed E-state index contributed by atoms with van der Waals surface area (Å²) in [5.41, 5.74) is 1.03. The number of aliphatic hydroxyl groups is 2. The molecular formula is C31H47N3O8. The quantitative estimate of drug-likeness (QED) is 0.144. The molecule has 2 rings (SSSR count). The number of benzene rings is 2. The summed E-state index contributed by atoms with van der Waals surface area (Å²) in [6, 6.07) is 15.2. The minimum atomic E-state index is -1.24. The molecule has 0 aromatic heterocycles. The Morgan fingerprint density at radius 2 is 1.36 bits per heavy atom. The Labute approximate surface area is 248 Å². The Morgan fingerprint density at radius 1 is 0.810 bits per heavy atom. The smallest absolute Gasteiger partial charge is 0.407 e. The normalized spacial score (nSPS) is 14.3. The maximum atomic E-state index is 12.6. The Hall–Kier alpha value is -3.38. The highest BCUT2D eigenvalue weighted by molar-refractivity contribution is 5.68. The molecule has 11 heteroatoms. The third-order valence-electron chi connectivity index (χ3n) is 6.34. The van der Waals surface area contributed by atoms with Crippen molar-refractivity contribution >= 4 is 12.2 Å². The molecule has 4 atom stereocenters. The van der Waals surface area contributed by atoms with Crippen molar-refractivity contribution in [2.45, 2.75) is 76.3 Å². The molecule has 2 aromatic rings. The topological polar surface area (TPSA) is 159 Å². The first-order chi connectivity index (χ1) is 20.0. The SMILES string of the molecule is COCCCCOc1ccc(C[C@H](NC(=O)OC(C)(C)C)C(O)CNC[C@@H](O)[C@H](Cc2ccccc2)NC(=O)O)cc1. The highest BCUT2D eigenvalue weighted by Crippen LogP contribution is 2.16. The molecule has 2 aromatic carbocycles. The van der Waals surface area contributed by atoms with Crippen LogP contribution >= 0.6 is 0 Å². The molecule has 0 bridgehead atoms. The molecule has 0 aliphatic rings. The molecule has 234 valence electrons. The third kappa shape index (κ3) is 14.5. The van der Waals surface area contributed by atoms with Crippen LogP contribution in [0.15, 0.2) is 54.6 Å². The summed E-state index contributed by atoms with van der Waals surface area (Å²) >= 11 is 0. The van der Waals surface area contributed by atoms with Gasteiger partial charge in [-0.1, -0.05) is 42.5 Å². The predicted octanol–water partition coefficient (Wildman–Crippen LogP) is 3.12. The van der Waals surface area contributed by atoms with Crippen molar-refractivity contribution in [1.29, 1.82) is 0 Å². The molecule has 0 aliphatic heterocycles. The van der Waals surface area contributed by atoms with Crippen molar-refractivity contribution < 1.29 is 39.1 Å². The third-order valence-corrected chi connectivity index (χ3v) is 6.34. The van der Waals surface area contributed by atoms with Crippen LogP contribution in [0.25, 0.3) is 0 Å². The van der Waals surface area contributed by atoms with Crippen LogP contribution in [0, 0.1) is 0 Å². The van der Waals surface area contributed by atoms with Gasteiger partial charge in [0.1, 0.15) is 11.4 Å². The largest absolute Gasteiger partial charge is 0.494 e. The van der Waals surface area contributed by atoms with Gasteiger partial charge in [-0.15, -0.1) is 0 Å². The van der Waals surface area contributed by atoms with E-state index < -0.39 is 42.1 Å². The van der Waals surface area contributed by atoms with Gasteiger partial charge in [-0.25, -0.2) is 9.59 Å². The maximum Gasteiger partial charge on any atom is 0.407 e. The Morgan fingerprint density at radius 3 is 1.90 bits per heavy atom. The van der Waals surface area contributed by atoms with E-state index in [0.717, 1.165) is 29.7 Å². The van der Waals surface area contributed by atoms with Crippen LogP contribution in [0.2, 0.25) is 0 Å². The molecular weight excluding hydrogens is 542 g/mol. The van der Waals surface area contributed by atoms with Crippen LogP contribution in [-0.2, 0) is 22.3 Å². The van der Waals surface area contributed by atoms with Crippen molar-refractivity contribution in [2.24, 2.45) is 0 Å². The lowest BCUT2D eigenvalue weighted by atomic mass is 10.00. The fourth-order valence-electron chi connectivity index (χ4n) is 4.23. The van der Waals surface area contributed by atoms with Gasteiger partial charge in [0.15, 0.2) is 0 Å². The fraction of sp³-hybridized carbons (Fsp3) is 0.548. The number of aliphatic hydroxyl groups excluding tert-OH is 2. The first kappa shape index (κ1) is 34.8. The Balaban J connectivity index is 1.99. The van der Waals surface area contributed by atoms with E-state index in [4.69, 9.17) is 14.2 Å². The second kappa shape index (κ2) is 18.2. The standard InChI is InChI=1S/C31H47N3O8/c1-31(2,3)42-30(39)34-26(19-23-12-14-24(15-13-23)41-17-9-8-16-40-4)28(36)21-32-20-27(35)25(33-29(37)38)18-22-10-6-5-7-11-22/h5-7,10-15,25-28,32-33,35-36H,8-9,16-21H2,1-4H3,(H,34,39)(H,37,38)/t25-,26-,27+,28?/m0/s1. The number of rotatable bonds is 18. The van der Waals surface area contributed by atoms with Gasteiger partial charge in [0.2, 0.25) is 0 Å². The van der Waals surface area contributed by atoms with Gasteiger partial charge in [-0.2, -0.15) is 0 Å². The van der Waals surface area contributed by atoms with Crippen LogP contribution in [0.1, 0.15) is 44.7 Å². The van der Waals surface area contributed by atoms with E-state index in [-0.39, 0.29) is 13.1 Å². The first-order valence-electron chi connectivity index (χ1n) is 14.3. The summed E-state index contributed by atoms with van der Waals surface area (Å²) in [4.78, 5) is 23.9. The lowest BCUT2D eigenvalue weighted by Gasteiger charge is -2.28. The van der Waals surface area contributed by atoms with Gasteiger partial charge >= 0.3 is 12.2 Å². The summed E-state index contributed by atoms with van der Waals surface area (Å²) in [6.45, 7) is 6.59. The number of carbonyl (C=O) groups excluding carboxylic acids is 1. The molecule has 11 nitrogen and oxygen atoms in total. The Kier molecular flexibility index (Phi) is 15.1. The second-order valence-corrected chi connectivity index (χ2v) is 11.2. The number of unbranched alkanes of at least 4 members (excludes halogenated alkanes) is 1. The van der Waals surface area contributed by atoms with E-state index >= 15 is 0 Å². The zero-order valence-electron chi connectivity index (χ0n) is 25.0. The number of amides is 2. The molecule has 0 saturated heterocycles. The maximum absolute atomic E-state index is 12.6. The molecule has 0 radical (unpaired) electrons. The summed E-state index contributed by atoms with van der Waals surface area (Å²) in [7, 11) is 1.67. The van der Waals surface area contributed by atoms with Crippen molar-refractivity contribution in [3.63, 3.8) is 0 Å². The highest BCUT2D eigenvalue weighted by atomic mass is 16.6. The fourth-order valence-corrected chi connectivity index (χ4v) is 4.23. The molecule has 1 unspecified atom stereocenters. The van der Waals surface area contributed by atoms with Crippen LogP contribution in [-0.4, -0.2) is 90.8 Å². The average Bonchev–Trinajstić information content (AvgIpc) is 2.92. The summed E-state index contributed by atoms with van der Waals surface area (Å²) in [5.74, 6) is 0.726. The van der Waals surface area contributed by atoms with Gasteiger partial charge in [-0.3, -0.25) is 0 Å². The molecule has 0 spiro atoms. The number of alkyl carbamates (subject to hydrolysis) is 1. The van der Waals surface area contributed by atoms with E-state index in [1.165, 1.54) is 0 Å². The molecule has 0 fully saturated rings. The number of hydrogen-bond donors (Lipinski definition) is 6. The lowest BCUT2D eigenvalue weighted by Crippen LogP contribution is -2.52. The lowest BCUT2D eigenvalue weighted by molar-refractivity contribution is 0.0416. The van der Waals surface area contributed by atoms with Crippen molar-refractivity contribution in [2.75, 3.05) is 33.4 Å². The van der Waals surface area contributed by atoms with Crippen LogP contribution in [0.4, 0.5) is 9.59 Å². The molecule has 42 heavy (non-hydrogen) atoms. The van der Waals surface area contributed by atoms with Gasteiger partial charge in [-0.05, 0) is 69.7 Å². The van der Waals surface area contributed by atoms with Gasteiger partial charge in [0, 0.05) is 26.8 Å². The van der Waals surface area contributed by atoms with E-state index in [1.54, 1.807) is 27.9 Å². The number of carbonyl (C=O) groups is 2. The van der Waals surface area contributed by atoms with E-state index in [9.17, 15) is 24.9 Å². The van der Waals surface area contributed by atoms with Crippen LogP contribution < -0.4 is 20.7 Å². The van der Waals surface area contributed by atoms with Gasteiger partial charge in [0.25, 0.3) is 0 Å². The molecule has 0 heterocycles. The summed E-state index contributed by atoms with van der Waals surface area (Å²) in [5, 5.41) is 39.1. The summed E-state index contributed by atoms with van der Waals surface area (Å²) in [6.07, 6.45) is -1.58. The number of methoxy groups -OCH3 is 1. The highest BCUT2D eigenvalue weighted by Gasteiger charge is 2.26. The van der Waals surface area contributed by atoms with Crippen molar-refractivity contribution in [3.05, 3.63) is 65.7 Å². The van der Waals surface area contributed by atoms with Crippen molar-refractivity contribution in [1.82, 2.24) is 16.0 Å². The van der Waals surface area contributed by atoms with Crippen molar-refractivity contribution in [3.8, 4) is 5.75 Å². The number of nitrogens with one attached hydrogen (secondary N) is 3. The van der Waals surface area contributed by atoms with Gasteiger partial charge in [0.05, 0.1) is 30.9 Å². The molecule has 0 aliphatic carbocycles. The monoisotopic (exact) mass is 589 g/mol. The summed E-state index contributed by atoms with van der Waals surface area (Å²) < 4.78 is 16.2. The average molecular weight is 590 g/mol. The predicted molar refractivity (Wildman–Crippen MR) is 160 cm³/mol. The zero-order valence-corrected chi connectivity index (χ0v) is 25.0. The zero-order chi connectivity index (χ0) is 31.0. The first-order valence-corrected chi connectivity index (χ1v) is 14.3. The second-order valence-electron chi connectivity index (χ2n) is 11.2. The van der Waals surface area contributed by atoms with Gasteiger partial charge < -0.3 is 45.5 Å². The van der Waals surface area contributed by atoms with Crippen LogP contribution in [0.3, 0.4) is 0 Å². The molecule has 0 saturated carbocycles. The Bertz CT molecular complexity index is 1050.